The quantitative estimate of drug-likeness (QED) is 0.0830. The van der Waals surface area contributed by atoms with Crippen LogP contribution >= 0.6 is 11.6 Å². The molecule has 1 aliphatic rings. The van der Waals surface area contributed by atoms with Crippen LogP contribution in [0, 0.1) is 5.92 Å². The molecule has 2 heterocycles. The van der Waals surface area contributed by atoms with Crippen molar-refractivity contribution < 1.29 is 23.8 Å². The molecular formula is C42H51ClN8O5. The van der Waals surface area contributed by atoms with Crippen LogP contribution in [-0.2, 0) is 29.6 Å². The number of hydrogen-bond donors (Lipinski definition) is 3. The lowest BCUT2D eigenvalue weighted by Gasteiger charge is -2.40. The Morgan fingerprint density at radius 3 is 2.34 bits per heavy atom. The molecule has 3 aromatic carbocycles. The van der Waals surface area contributed by atoms with Crippen LogP contribution in [0.2, 0.25) is 5.02 Å². The zero-order valence-corrected chi connectivity index (χ0v) is 33.0. The summed E-state index contributed by atoms with van der Waals surface area (Å²) in [5.74, 6) is 0.0724. The highest BCUT2D eigenvalue weighted by molar-refractivity contribution is 6.33. The van der Waals surface area contributed by atoms with Gasteiger partial charge in [-0.2, -0.15) is 5.10 Å². The Labute approximate surface area is 332 Å². The molecule has 2 amide bonds. The third-order valence-corrected chi connectivity index (χ3v) is 10.6. The van der Waals surface area contributed by atoms with Gasteiger partial charge in [0.1, 0.15) is 6.04 Å². The first kappa shape index (κ1) is 40.6. The molecule has 0 bridgehead atoms. The molecule has 1 aliphatic carbocycles. The van der Waals surface area contributed by atoms with Crippen molar-refractivity contribution in [3.05, 3.63) is 124 Å². The van der Waals surface area contributed by atoms with E-state index >= 15 is 0 Å². The second-order valence-corrected chi connectivity index (χ2v) is 15.6. The predicted molar refractivity (Wildman–Crippen MR) is 213 cm³/mol. The van der Waals surface area contributed by atoms with Gasteiger partial charge in [0, 0.05) is 37.9 Å². The maximum absolute atomic E-state index is 15.0. The summed E-state index contributed by atoms with van der Waals surface area (Å²) in [5.41, 5.74) is 16.4. The van der Waals surface area contributed by atoms with E-state index in [0.717, 1.165) is 29.5 Å². The Morgan fingerprint density at radius 2 is 1.68 bits per heavy atom. The van der Waals surface area contributed by atoms with Gasteiger partial charge in [-0.05, 0) is 75.1 Å². The Morgan fingerprint density at radius 1 is 1.02 bits per heavy atom. The van der Waals surface area contributed by atoms with E-state index in [1.165, 1.54) is 4.90 Å². The van der Waals surface area contributed by atoms with Gasteiger partial charge in [-0.15, -0.1) is 10.2 Å². The van der Waals surface area contributed by atoms with Crippen LogP contribution in [0.5, 0.6) is 0 Å². The number of hydrogen-bond acceptors (Lipinski definition) is 9. The van der Waals surface area contributed by atoms with E-state index in [-0.39, 0.29) is 42.9 Å². The van der Waals surface area contributed by atoms with E-state index in [0.29, 0.717) is 35.5 Å². The van der Waals surface area contributed by atoms with Crippen molar-refractivity contribution in [2.75, 3.05) is 13.7 Å². The number of amides is 2. The fraction of sp³-hybridized carbons (Fsp3) is 0.405. The van der Waals surface area contributed by atoms with Crippen LogP contribution in [0.3, 0.4) is 0 Å². The van der Waals surface area contributed by atoms with E-state index in [4.69, 9.17) is 37.3 Å². The average molecular weight is 783 g/mol. The molecule has 13 nitrogen and oxygen atoms in total. The molecule has 6 rings (SSSR count). The number of nitrogens with zero attached hydrogens (tertiary/aromatic N) is 6. The molecule has 0 spiro atoms. The van der Waals surface area contributed by atoms with Crippen molar-refractivity contribution in [2.45, 2.75) is 82.3 Å². The Hall–Kier alpha value is -5.08. The molecule has 14 heteroatoms. The molecule has 56 heavy (non-hydrogen) atoms. The normalized spacial score (nSPS) is 16.9. The molecule has 2 aromatic heterocycles. The predicted octanol–water partition coefficient (Wildman–Crippen LogP) is 7.10. The lowest BCUT2D eigenvalue weighted by Crippen LogP contribution is -2.54. The van der Waals surface area contributed by atoms with Gasteiger partial charge in [0.15, 0.2) is 0 Å². The number of carbonyl (C=O) groups is 2. The Kier molecular flexibility index (Phi) is 12.9. The summed E-state index contributed by atoms with van der Waals surface area (Å²) in [4.78, 5) is 29.7. The average Bonchev–Trinajstić information content (AvgIpc) is 3.56. The van der Waals surface area contributed by atoms with Crippen molar-refractivity contribution >= 4 is 23.6 Å². The Bertz CT molecular complexity index is 2070. The molecule has 5 unspecified atom stereocenters. The summed E-state index contributed by atoms with van der Waals surface area (Å²) >= 11 is 6.55. The highest BCUT2D eigenvalue weighted by atomic mass is 35.5. The molecule has 5 aromatic rings. The zero-order valence-electron chi connectivity index (χ0n) is 32.3. The molecule has 5 N–H and O–H groups in total. The molecule has 0 saturated heterocycles. The lowest BCUT2D eigenvalue weighted by atomic mass is 9.92. The van der Waals surface area contributed by atoms with Crippen LogP contribution < -0.4 is 11.5 Å². The topological polar surface area (TPSA) is 179 Å². The highest BCUT2D eigenvalue weighted by Gasteiger charge is 2.45. The lowest BCUT2D eigenvalue weighted by molar-refractivity contribution is -0.145. The highest BCUT2D eigenvalue weighted by Crippen LogP contribution is 2.44. The molecule has 5 atom stereocenters. The minimum Gasteiger partial charge on any atom is -0.465 e. The summed E-state index contributed by atoms with van der Waals surface area (Å²) in [7, 11) is 3.41. The Balaban J connectivity index is 1.43. The van der Waals surface area contributed by atoms with Gasteiger partial charge in [-0.3, -0.25) is 9.48 Å². The fourth-order valence-electron chi connectivity index (χ4n) is 7.25. The standard InChI is InChI=1S/C42H51ClN8O5/c1-42(2,45)40(52)51(36(26-55-25-28-16-9-6-10-17-28)39-47-46-38(56-39)30-19-11-12-20-32(30)43)34(21-13-18-27-14-7-5-8-15-27)37-31(24-49(3)48-37)33(44)22-29-23-35(29)50(4)41(53)54/h5-12,14-17,19-20,24,29,33-36H,13,18,21-23,25-26,44-45H2,1-4H3,(H,53,54). The first-order chi connectivity index (χ1) is 26.8. The van der Waals surface area contributed by atoms with Crippen molar-refractivity contribution in [1.82, 2.24) is 29.8 Å². The number of rotatable bonds is 18. The van der Waals surface area contributed by atoms with Gasteiger partial charge in [0.2, 0.25) is 17.7 Å². The molecule has 0 aliphatic heterocycles. The van der Waals surface area contributed by atoms with E-state index in [1.54, 1.807) is 42.6 Å². The number of halogens is 1. The zero-order chi connectivity index (χ0) is 40.0. The summed E-state index contributed by atoms with van der Waals surface area (Å²) in [5, 5.41) is 23.9. The van der Waals surface area contributed by atoms with Crippen molar-refractivity contribution in [2.24, 2.45) is 24.4 Å². The summed E-state index contributed by atoms with van der Waals surface area (Å²) in [6.45, 7) is 3.61. The number of carboxylic acid groups (broad SMARTS) is 1. The van der Waals surface area contributed by atoms with Crippen molar-refractivity contribution in [3.63, 3.8) is 0 Å². The van der Waals surface area contributed by atoms with Crippen LogP contribution in [0.15, 0.2) is 95.5 Å². The molecule has 1 fully saturated rings. The summed E-state index contributed by atoms with van der Waals surface area (Å²) in [6, 6.07) is 24.9. The van der Waals surface area contributed by atoms with Gasteiger partial charge in [0.05, 0.1) is 41.1 Å². The third-order valence-electron chi connectivity index (χ3n) is 10.3. The number of carbonyl (C=O) groups excluding carboxylic acids is 1. The second kappa shape index (κ2) is 17.8. The molecule has 296 valence electrons. The van der Waals surface area contributed by atoms with Crippen molar-refractivity contribution in [3.8, 4) is 11.5 Å². The second-order valence-electron chi connectivity index (χ2n) is 15.2. The third kappa shape index (κ3) is 9.83. The first-order valence-electron chi connectivity index (χ1n) is 18.9. The maximum Gasteiger partial charge on any atom is 0.407 e. The summed E-state index contributed by atoms with van der Waals surface area (Å²) in [6.07, 6.45) is 4.12. The minimum absolute atomic E-state index is 0.00441. The van der Waals surface area contributed by atoms with Gasteiger partial charge in [-0.1, -0.05) is 84.4 Å². The molecule has 1 saturated carbocycles. The van der Waals surface area contributed by atoms with E-state index in [2.05, 4.69) is 22.3 Å². The van der Waals surface area contributed by atoms with E-state index in [9.17, 15) is 14.7 Å². The molecule has 0 radical (unpaired) electrons. The minimum atomic E-state index is -1.33. The van der Waals surface area contributed by atoms with Crippen LogP contribution in [-0.4, -0.2) is 72.1 Å². The van der Waals surface area contributed by atoms with Gasteiger partial charge in [0.25, 0.3) is 0 Å². The smallest absolute Gasteiger partial charge is 0.407 e. The number of aryl methyl sites for hydroxylation is 2. The van der Waals surface area contributed by atoms with Crippen LogP contribution in [0.25, 0.3) is 11.5 Å². The maximum atomic E-state index is 15.0. The monoisotopic (exact) mass is 782 g/mol. The van der Waals surface area contributed by atoms with Crippen LogP contribution in [0.4, 0.5) is 4.79 Å². The largest absolute Gasteiger partial charge is 0.465 e. The number of aromatic nitrogens is 4. The van der Waals surface area contributed by atoms with E-state index < -0.39 is 29.8 Å². The van der Waals surface area contributed by atoms with Gasteiger partial charge >= 0.3 is 6.09 Å². The SMILES string of the molecule is CN(C(=O)O)C1CC1CC(N)c1cn(C)nc1C(CCCc1ccccc1)N(C(=O)C(C)(C)N)C(COCc1ccccc1)c1nnc(-c2ccccc2Cl)o1. The van der Waals surface area contributed by atoms with Crippen LogP contribution in [0.1, 0.15) is 85.9 Å². The van der Waals surface area contributed by atoms with Crippen molar-refractivity contribution in [1.29, 1.82) is 0 Å². The molecular weight excluding hydrogens is 732 g/mol. The first-order valence-corrected chi connectivity index (χ1v) is 19.3. The van der Waals surface area contributed by atoms with Gasteiger partial charge < -0.3 is 35.5 Å². The van der Waals surface area contributed by atoms with E-state index in [1.807, 2.05) is 73.9 Å². The number of benzene rings is 3. The number of nitrogens with two attached hydrogens (primary N) is 2. The van der Waals surface area contributed by atoms with Gasteiger partial charge in [-0.25, -0.2) is 4.79 Å². The summed E-state index contributed by atoms with van der Waals surface area (Å²) < 4.78 is 14.5. The number of ether oxygens (including phenoxy) is 1. The fourth-order valence-corrected chi connectivity index (χ4v) is 7.47.